The molecular formula is C33H40N2O4. The van der Waals surface area contributed by atoms with Crippen LogP contribution in [0.2, 0.25) is 0 Å². The number of hydrogen-bond donors (Lipinski definition) is 0. The Morgan fingerprint density at radius 2 is 2.03 bits per heavy atom. The molecule has 2 aromatic rings. The van der Waals surface area contributed by atoms with E-state index in [4.69, 9.17) is 9.47 Å². The third kappa shape index (κ3) is 4.66. The zero-order chi connectivity index (χ0) is 27.2. The Morgan fingerprint density at radius 1 is 1.15 bits per heavy atom. The maximum absolute atomic E-state index is 13.2. The van der Waals surface area contributed by atoms with Crippen LogP contribution in [0.25, 0.3) is 6.08 Å². The molecule has 4 aliphatic carbocycles. The Morgan fingerprint density at radius 3 is 2.82 bits per heavy atom. The first-order valence-electron chi connectivity index (χ1n) is 14.5. The third-order valence-corrected chi connectivity index (χ3v) is 10.4. The van der Waals surface area contributed by atoms with Crippen molar-refractivity contribution in [2.24, 2.45) is 28.6 Å². The molecule has 0 N–H and O–H groups in total. The summed E-state index contributed by atoms with van der Waals surface area (Å²) in [6.45, 7) is 6.10. The Balaban J connectivity index is 1.16. The van der Waals surface area contributed by atoms with Crippen molar-refractivity contribution < 1.29 is 19.1 Å². The largest absolute Gasteiger partial charge is 0.493 e. The molecule has 1 aromatic heterocycles. The van der Waals surface area contributed by atoms with Crippen molar-refractivity contribution in [3.63, 3.8) is 0 Å². The van der Waals surface area contributed by atoms with E-state index in [1.165, 1.54) is 5.57 Å². The highest BCUT2D eigenvalue weighted by Gasteiger charge is 2.59. The summed E-state index contributed by atoms with van der Waals surface area (Å²) in [5.74, 6) is 3.19. The van der Waals surface area contributed by atoms with Crippen LogP contribution in [-0.2, 0) is 16.1 Å². The minimum atomic E-state index is -0.438. The molecule has 6 rings (SSSR count). The van der Waals surface area contributed by atoms with Crippen molar-refractivity contribution in [3.8, 4) is 11.5 Å². The molecule has 5 atom stereocenters. The van der Waals surface area contributed by atoms with E-state index in [0.717, 1.165) is 74.1 Å². The Kier molecular flexibility index (Phi) is 6.76. The lowest BCUT2D eigenvalue weighted by Crippen LogP contribution is -2.52. The summed E-state index contributed by atoms with van der Waals surface area (Å²) in [6, 6.07) is 6.24. The molecule has 1 aromatic carbocycles. The van der Waals surface area contributed by atoms with E-state index in [-0.39, 0.29) is 23.4 Å². The van der Waals surface area contributed by atoms with Crippen LogP contribution >= 0.6 is 0 Å². The number of aryl methyl sites for hydroxylation is 1. The molecule has 0 radical (unpaired) electrons. The molecular weight excluding hydrogens is 488 g/mol. The maximum atomic E-state index is 13.2. The predicted molar refractivity (Wildman–Crippen MR) is 150 cm³/mol. The van der Waals surface area contributed by atoms with Gasteiger partial charge in [0.15, 0.2) is 23.1 Å². The molecule has 0 bridgehead atoms. The van der Waals surface area contributed by atoms with E-state index in [2.05, 4.69) is 41.6 Å². The summed E-state index contributed by atoms with van der Waals surface area (Å²) in [7, 11) is 1.70. The molecule has 4 aliphatic rings. The van der Waals surface area contributed by atoms with Gasteiger partial charge in [-0.05, 0) is 98.8 Å². The number of hydrogen-bond acceptors (Lipinski definition) is 5. The van der Waals surface area contributed by atoms with Crippen LogP contribution in [0.5, 0.6) is 11.5 Å². The van der Waals surface area contributed by atoms with Gasteiger partial charge >= 0.3 is 0 Å². The number of fused-ring (bicyclic) bond motifs is 5. The summed E-state index contributed by atoms with van der Waals surface area (Å²) in [5, 5.41) is 0. The van der Waals surface area contributed by atoms with Gasteiger partial charge < -0.3 is 14.0 Å². The van der Waals surface area contributed by atoms with Crippen molar-refractivity contribution >= 4 is 17.6 Å². The van der Waals surface area contributed by atoms with E-state index in [1.54, 1.807) is 13.3 Å². The number of aromatic nitrogens is 2. The van der Waals surface area contributed by atoms with Crippen LogP contribution in [0.15, 0.2) is 54.1 Å². The Hall–Kier alpha value is -3.15. The lowest BCUT2D eigenvalue weighted by molar-refractivity contribution is -0.139. The van der Waals surface area contributed by atoms with E-state index in [1.807, 2.05) is 24.7 Å². The lowest BCUT2D eigenvalue weighted by atomic mass is 9.47. The van der Waals surface area contributed by atoms with Crippen LogP contribution in [0, 0.1) is 28.6 Å². The molecule has 39 heavy (non-hydrogen) atoms. The molecule has 206 valence electrons. The first kappa shape index (κ1) is 26.1. The molecule has 0 spiro atoms. The number of nitrogens with zero attached hydrogens (tertiary/aromatic N) is 2. The molecule has 0 saturated heterocycles. The molecule has 0 aliphatic heterocycles. The number of Topliss-reactive ketones (excluding diaryl/α,β-unsaturated/α-hetero) is 1. The molecule has 1 heterocycles. The van der Waals surface area contributed by atoms with Crippen molar-refractivity contribution in [1.29, 1.82) is 0 Å². The molecule has 3 fully saturated rings. The van der Waals surface area contributed by atoms with Crippen LogP contribution in [0.3, 0.4) is 0 Å². The fourth-order valence-corrected chi connectivity index (χ4v) is 8.39. The van der Waals surface area contributed by atoms with E-state index in [0.29, 0.717) is 24.4 Å². The standard InChI is InChI=1S/C33H40N2O4/c1-32-10-9-27-26(7-6-24-18-25(36)19-31(37)33(24,27)2)28(32)16-23(20-32)15-22-5-8-29(30(17-22)38-3)39-14-4-12-35-13-11-34-21-35/h5,8,11,13,15,17-18,21,26-28H,4,6-7,9-10,12,14,16,19-20H2,1-3H3/t26-,27+,28+,32-,33+/m1/s1. The number of ketones is 2. The summed E-state index contributed by atoms with van der Waals surface area (Å²) < 4.78 is 13.8. The quantitative estimate of drug-likeness (QED) is 0.305. The number of carbonyl (C=O) groups is 2. The van der Waals surface area contributed by atoms with Gasteiger partial charge in [-0.3, -0.25) is 9.59 Å². The average molecular weight is 529 g/mol. The second kappa shape index (κ2) is 10.1. The minimum Gasteiger partial charge on any atom is -0.493 e. The molecule has 0 amide bonds. The van der Waals surface area contributed by atoms with Gasteiger partial charge in [-0.1, -0.05) is 30.2 Å². The maximum Gasteiger partial charge on any atom is 0.163 e. The van der Waals surface area contributed by atoms with E-state index < -0.39 is 5.41 Å². The number of rotatable bonds is 7. The number of benzene rings is 1. The lowest BCUT2D eigenvalue weighted by Gasteiger charge is -2.56. The van der Waals surface area contributed by atoms with Crippen molar-refractivity contribution in [2.75, 3.05) is 13.7 Å². The smallest absolute Gasteiger partial charge is 0.163 e. The Labute approximate surface area is 231 Å². The highest BCUT2D eigenvalue weighted by atomic mass is 16.5. The van der Waals surface area contributed by atoms with Gasteiger partial charge in [0.2, 0.25) is 0 Å². The minimum absolute atomic E-state index is 0.000938. The number of allylic oxidation sites excluding steroid dienone is 2. The van der Waals surface area contributed by atoms with Crippen molar-refractivity contribution in [2.45, 2.75) is 71.8 Å². The summed E-state index contributed by atoms with van der Waals surface area (Å²) in [6.07, 6.45) is 17.1. The highest BCUT2D eigenvalue weighted by Crippen LogP contribution is 2.65. The van der Waals surface area contributed by atoms with Gasteiger partial charge in [0.05, 0.1) is 31.9 Å². The SMILES string of the molecule is COc1cc(C=C2C[C@H]3[C@@H]4CCC5=CC(=O)CC(=O)[C@]5(C)[C@H]4CC[C@]3(C)C2)ccc1OCCCn1ccnc1. The van der Waals surface area contributed by atoms with Crippen molar-refractivity contribution in [3.05, 3.63) is 59.7 Å². The van der Waals surface area contributed by atoms with Crippen LogP contribution < -0.4 is 9.47 Å². The number of imidazole rings is 1. The van der Waals surface area contributed by atoms with Gasteiger partial charge in [0.1, 0.15) is 0 Å². The second-order valence-corrected chi connectivity index (χ2v) is 12.6. The summed E-state index contributed by atoms with van der Waals surface area (Å²) in [5.41, 5.74) is 3.59. The number of ether oxygens (including phenoxy) is 2. The number of carbonyl (C=O) groups excluding carboxylic acids is 2. The van der Waals surface area contributed by atoms with Gasteiger partial charge in [-0.25, -0.2) is 4.98 Å². The zero-order valence-corrected chi connectivity index (χ0v) is 23.4. The first-order valence-corrected chi connectivity index (χ1v) is 14.5. The van der Waals surface area contributed by atoms with Crippen LogP contribution in [0.4, 0.5) is 0 Å². The average Bonchev–Trinajstić information content (AvgIpc) is 3.55. The molecule has 6 heteroatoms. The monoisotopic (exact) mass is 528 g/mol. The fourth-order valence-electron chi connectivity index (χ4n) is 8.39. The van der Waals surface area contributed by atoms with E-state index in [9.17, 15) is 9.59 Å². The van der Waals surface area contributed by atoms with Crippen LogP contribution in [0.1, 0.15) is 70.8 Å². The highest BCUT2D eigenvalue weighted by molar-refractivity contribution is 6.11. The predicted octanol–water partition coefficient (Wildman–Crippen LogP) is 6.46. The summed E-state index contributed by atoms with van der Waals surface area (Å²) in [4.78, 5) is 29.4. The zero-order valence-electron chi connectivity index (χ0n) is 23.4. The Bertz CT molecular complexity index is 1330. The molecule has 3 saturated carbocycles. The van der Waals surface area contributed by atoms with Gasteiger partial charge in [0.25, 0.3) is 0 Å². The first-order chi connectivity index (χ1) is 18.8. The topological polar surface area (TPSA) is 70.4 Å². The van der Waals surface area contributed by atoms with Crippen LogP contribution in [-0.4, -0.2) is 34.8 Å². The number of methoxy groups -OCH3 is 1. The van der Waals surface area contributed by atoms with Crippen molar-refractivity contribution in [1.82, 2.24) is 9.55 Å². The van der Waals surface area contributed by atoms with Gasteiger partial charge in [-0.15, -0.1) is 0 Å². The fraction of sp³-hybridized carbons (Fsp3) is 0.545. The summed E-state index contributed by atoms with van der Waals surface area (Å²) >= 11 is 0. The van der Waals surface area contributed by atoms with E-state index >= 15 is 0 Å². The molecule has 6 nitrogen and oxygen atoms in total. The van der Waals surface area contributed by atoms with Gasteiger partial charge in [-0.2, -0.15) is 0 Å². The normalized spacial score (nSPS) is 32.8. The van der Waals surface area contributed by atoms with Gasteiger partial charge in [0, 0.05) is 18.9 Å². The third-order valence-electron chi connectivity index (χ3n) is 10.4. The second-order valence-electron chi connectivity index (χ2n) is 12.6. The molecule has 0 unspecified atom stereocenters.